The average Bonchev–Trinajstić information content (AvgIpc) is 2.35. The Balaban J connectivity index is 2.02. The fourth-order valence-corrected chi connectivity index (χ4v) is 2.60. The molecule has 0 amide bonds. The molecule has 100 valence electrons. The first-order valence-corrected chi connectivity index (χ1v) is 6.78. The summed E-state index contributed by atoms with van der Waals surface area (Å²) in [6.45, 7) is 3.79. The van der Waals surface area contributed by atoms with Crippen molar-refractivity contribution in [3.05, 3.63) is 35.1 Å². The SMILES string of the molecule is Cc1ccc(C(C)N[C@H]2CCCC[C@@H]2O)cc1F. The molecule has 1 saturated carbocycles. The monoisotopic (exact) mass is 251 g/mol. The lowest BCUT2D eigenvalue weighted by Gasteiger charge is -2.31. The fourth-order valence-electron chi connectivity index (χ4n) is 2.60. The van der Waals surface area contributed by atoms with Crippen molar-refractivity contribution in [3.63, 3.8) is 0 Å². The number of aliphatic hydroxyl groups excluding tert-OH is 1. The highest BCUT2D eigenvalue weighted by Crippen LogP contribution is 2.23. The molecular formula is C15H22FNO. The lowest BCUT2D eigenvalue weighted by Crippen LogP contribution is -2.43. The average molecular weight is 251 g/mol. The second-order valence-electron chi connectivity index (χ2n) is 5.36. The van der Waals surface area contributed by atoms with E-state index in [9.17, 15) is 9.50 Å². The van der Waals surface area contributed by atoms with Gasteiger partial charge in [0.2, 0.25) is 0 Å². The Morgan fingerprint density at radius 1 is 1.33 bits per heavy atom. The van der Waals surface area contributed by atoms with Gasteiger partial charge in [-0.15, -0.1) is 0 Å². The van der Waals surface area contributed by atoms with Gasteiger partial charge in [-0.2, -0.15) is 0 Å². The van der Waals surface area contributed by atoms with Crippen LogP contribution in [0.25, 0.3) is 0 Å². The second kappa shape index (κ2) is 5.81. The minimum absolute atomic E-state index is 0.0675. The number of benzene rings is 1. The van der Waals surface area contributed by atoms with Gasteiger partial charge >= 0.3 is 0 Å². The van der Waals surface area contributed by atoms with E-state index in [1.807, 2.05) is 13.0 Å². The highest BCUT2D eigenvalue weighted by molar-refractivity contribution is 5.25. The largest absolute Gasteiger partial charge is 0.392 e. The molecule has 0 radical (unpaired) electrons. The molecule has 0 spiro atoms. The number of hydrogen-bond donors (Lipinski definition) is 2. The Morgan fingerprint density at radius 3 is 2.72 bits per heavy atom. The van der Waals surface area contributed by atoms with Crippen molar-refractivity contribution < 1.29 is 9.50 Å². The van der Waals surface area contributed by atoms with Crippen molar-refractivity contribution in [3.8, 4) is 0 Å². The summed E-state index contributed by atoms with van der Waals surface area (Å²) in [5, 5.41) is 13.3. The second-order valence-corrected chi connectivity index (χ2v) is 5.36. The first kappa shape index (κ1) is 13.5. The van der Waals surface area contributed by atoms with Crippen LogP contribution in [0.15, 0.2) is 18.2 Å². The maximum absolute atomic E-state index is 13.5. The Hall–Kier alpha value is -0.930. The molecule has 1 aliphatic rings. The maximum Gasteiger partial charge on any atom is 0.126 e. The van der Waals surface area contributed by atoms with Crippen LogP contribution in [0.1, 0.15) is 49.8 Å². The summed E-state index contributed by atoms with van der Waals surface area (Å²) in [7, 11) is 0. The molecule has 3 atom stereocenters. The predicted octanol–water partition coefficient (Wildman–Crippen LogP) is 3.09. The minimum atomic E-state index is -0.267. The standard InChI is InChI=1S/C15H22FNO/c1-10-7-8-12(9-13(10)16)11(2)17-14-5-3-4-6-15(14)18/h7-9,11,14-15,17-18H,3-6H2,1-2H3/t11?,14-,15-/m0/s1. The van der Waals surface area contributed by atoms with E-state index in [-0.39, 0.29) is 24.0 Å². The molecule has 18 heavy (non-hydrogen) atoms. The lowest BCUT2D eigenvalue weighted by molar-refractivity contribution is 0.0859. The van der Waals surface area contributed by atoms with Crippen LogP contribution in [0.2, 0.25) is 0 Å². The Morgan fingerprint density at radius 2 is 2.06 bits per heavy atom. The van der Waals surface area contributed by atoms with Gasteiger partial charge in [0.1, 0.15) is 5.82 Å². The molecule has 1 aromatic carbocycles. The molecule has 2 rings (SSSR count). The van der Waals surface area contributed by atoms with Crippen molar-refractivity contribution in [1.82, 2.24) is 5.32 Å². The van der Waals surface area contributed by atoms with Crippen LogP contribution >= 0.6 is 0 Å². The Kier molecular flexibility index (Phi) is 4.36. The molecule has 0 heterocycles. The van der Waals surface area contributed by atoms with Crippen LogP contribution in [-0.4, -0.2) is 17.3 Å². The summed E-state index contributed by atoms with van der Waals surface area (Å²) in [6.07, 6.45) is 3.86. The summed E-state index contributed by atoms with van der Waals surface area (Å²) in [5.41, 5.74) is 1.61. The molecule has 1 aromatic rings. The van der Waals surface area contributed by atoms with Crippen LogP contribution in [0.3, 0.4) is 0 Å². The van der Waals surface area contributed by atoms with E-state index in [1.165, 1.54) is 0 Å². The first-order chi connectivity index (χ1) is 8.58. The van der Waals surface area contributed by atoms with Gasteiger partial charge in [-0.25, -0.2) is 4.39 Å². The van der Waals surface area contributed by atoms with Crippen LogP contribution in [-0.2, 0) is 0 Å². The molecule has 2 N–H and O–H groups in total. The fraction of sp³-hybridized carbons (Fsp3) is 0.600. The van der Waals surface area contributed by atoms with E-state index in [0.717, 1.165) is 31.2 Å². The van der Waals surface area contributed by atoms with Crippen LogP contribution in [0, 0.1) is 12.7 Å². The maximum atomic E-state index is 13.5. The minimum Gasteiger partial charge on any atom is -0.392 e. The summed E-state index contributed by atoms with van der Waals surface area (Å²) >= 11 is 0. The number of rotatable bonds is 3. The third kappa shape index (κ3) is 3.09. The van der Waals surface area contributed by atoms with E-state index in [4.69, 9.17) is 0 Å². The number of hydrogen-bond acceptors (Lipinski definition) is 2. The van der Waals surface area contributed by atoms with E-state index >= 15 is 0 Å². The smallest absolute Gasteiger partial charge is 0.126 e. The molecule has 2 nitrogen and oxygen atoms in total. The predicted molar refractivity (Wildman–Crippen MR) is 71.0 cm³/mol. The zero-order valence-corrected chi connectivity index (χ0v) is 11.1. The van der Waals surface area contributed by atoms with Gasteiger partial charge in [0.15, 0.2) is 0 Å². The van der Waals surface area contributed by atoms with Gasteiger partial charge in [0.05, 0.1) is 6.10 Å². The van der Waals surface area contributed by atoms with Crippen molar-refractivity contribution >= 4 is 0 Å². The van der Waals surface area contributed by atoms with Gasteiger partial charge in [-0.1, -0.05) is 25.0 Å². The molecule has 1 unspecified atom stereocenters. The number of nitrogens with one attached hydrogen (secondary N) is 1. The van der Waals surface area contributed by atoms with Gasteiger partial charge < -0.3 is 10.4 Å². The van der Waals surface area contributed by atoms with Crippen molar-refractivity contribution in [2.45, 2.75) is 57.7 Å². The Labute approximate surface area is 108 Å². The first-order valence-electron chi connectivity index (χ1n) is 6.78. The third-order valence-electron chi connectivity index (χ3n) is 3.89. The summed E-state index contributed by atoms with van der Waals surface area (Å²) in [6, 6.07) is 5.55. The van der Waals surface area contributed by atoms with Gasteiger partial charge in [-0.05, 0) is 43.9 Å². The molecule has 0 aliphatic heterocycles. The lowest BCUT2D eigenvalue weighted by atomic mass is 9.91. The molecule has 0 saturated heterocycles. The van der Waals surface area contributed by atoms with Crippen LogP contribution in [0.5, 0.6) is 0 Å². The highest BCUT2D eigenvalue weighted by Gasteiger charge is 2.24. The summed E-state index contributed by atoms with van der Waals surface area (Å²) < 4.78 is 13.5. The molecular weight excluding hydrogens is 229 g/mol. The third-order valence-corrected chi connectivity index (χ3v) is 3.89. The molecule has 1 aliphatic carbocycles. The molecule has 0 bridgehead atoms. The van der Waals surface area contributed by atoms with E-state index in [0.29, 0.717) is 5.56 Å². The number of halogens is 1. The van der Waals surface area contributed by atoms with Gasteiger partial charge in [0, 0.05) is 12.1 Å². The highest BCUT2D eigenvalue weighted by atomic mass is 19.1. The summed E-state index contributed by atoms with van der Waals surface area (Å²) in [5.74, 6) is -0.162. The van der Waals surface area contributed by atoms with Crippen molar-refractivity contribution in [1.29, 1.82) is 0 Å². The van der Waals surface area contributed by atoms with Gasteiger partial charge in [-0.3, -0.25) is 0 Å². The molecule has 1 fully saturated rings. The number of aryl methyl sites for hydroxylation is 1. The zero-order chi connectivity index (χ0) is 13.1. The normalized spacial score (nSPS) is 26.0. The van der Waals surface area contributed by atoms with Crippen LogP contribution in [0.4, 0.5) is 4.39 Å². The quantitative estimate of drug-likeness (QED) is 0.865. The van der Waals surface area contributed by atoms with E-state index in [2.05, 4.69) is 5.32 Å². The van der Waals surface area contributed by atoms with E-state index in [1.54, 1.807) is 19.1 Å². The zero-order valence-electron chi connectivity index (χ0n) is 11.1. The topological polar surface area (TPSA) is 32.3 Å². The van der Waals surface area contributed by atoms with Crippen molar-refractivity contribution in [2.75, 3.05) is 0 Å². The summed E-state index contributed by atoms with van der Waals surface area (Å²) in [4.78, 5) is 0. The molecule has 0 aromatic heterocycles. The van der Waals surface area contributed by atoms with E-state index < -0.39 is 0 Å². The van der Waals surface area contributed by atoms with Crippen molar-refractivity contribution in [2.24, 2.45) is 0 Å². The molecule has 3 heteroatoms. The number of aliphatic hydroxyl groups is 1. The Bertz CT molecular complexity index is 407. The van der Waals surface area contributed by atoms with Gasteiger partial charge in [0.25, 0.3) is 0 Å². The van der Waals surface area contributed by atoms with Crippen LogP contribution < -0.4 is 5.32 Å².